The summed E-state index contributed by atoms with van der Waals surface area (Å²) in [6.45, 7) is 1.91. The fourth-order valence-corrected chi connectivity index (χ4v) is 8.08. The van der Waals surface area contributed by atoms with E-state index >= 15 is 0 Å². The number of esters is 2. The molecule has 0 aliphatic carbocycles. The number of H-pyrrole nitrogens is 2. The molecule has 0 saturated heterocycles. The van der Waals surface area contributed by atoms with Crippen molar-refractivity contribution in [3.05, 3.63) is 144 Å². The van der Waals surface area contributed by atoms with Gasteiger partial charge in [-0.2, -0.15) is 0 Å². The number of aromatic nitrogens is 2. The predicted molar refractivity (Wildman–Crippen MR) is 259 cm³/mol. The summed E-state index contributed by atoms with van der Waals surface area (Å²) in [7, 11) is 0. The van der Waals surface area contributed by atoms with Crippen LogP contribution in [0.1, 0.15) is 73.9 Å². The number of carboxylic acid groups (broad SMARTS) is 2. The molecule has 0 radical (unpaired) electrons. The average molecular weight is 973 g/mol. The van der Waals surface area contributed by atoms with Gasteiger partial charge in [0, 0.05) is 73.0 Å². The number of benzene rings is 4. The maximum absolute atomic E-state index is 13.7. The Morgan fingerprint density at radius 2 is 0.887 bits per heavy atom. The van der Waals surface area contributed by atoms with Gasteiger partial charge >= 0.3 is 24.1 Å². The van der Waals surface area contributed by atoms with E-state index in [9.17, 15) is 48.6 Å². The molecule has 4 unspecified atom stereocenters. The van der Waals surface area contributed by atoms with Gasteiger partial charge in [0.2, 0.25) is 30.4 Å². The fraction of sp³-hybridized carbons (Fsp3) is 0.294. The lowest BCUT2D eigenvalue weighted by Crippen LogP contribution is -2.58. The van der Waals surface area contributed by atoms with Crippen LogP contribution in [0.2, 0.25) is 0 Å². The lowest BCUT2D eigenvalue weighted by Gasteiger charge is -2.29. The summed E-state index contributed by atoms with van der Waals surface area (Å²) < 4.78 is 10.00. The van der Waals surface area contributed by atoms with Gasteiger partial charge in [0.25, 0.3) is 0 Å². The van der Waals surface area contributed by atoms with Gasteiger partial charge in [0.05, 0.1) is 24.9 Å². The number of carbonyl (C=O) groups is 8. The van der Waals surface area contributed by atoms with E-state index < -0.39 is 90.5 Å². The summed E-state index contributed by atoms with van der Waals surface area (Å²) in [6.07, 6.45) is -0.753. The Morgan fingerprint density at radius 1 is 0.521 bits per heavy atom. The standard InChI is InChI=1S/C51H56N8O12/c1-50(58-48(66)67,25-34-27-52-38-19-11-9-17-36(34)38)46(64)54-29-40(32-13-5-3-6-14-32)56-42(60)21-23-44(62)70-31-71-45(63)24-22-43(61)57-41(33-15-7-4-8-16-33)30-55-47(65)51(2,59-49(68)69)26-35-28-53-39-20-12-10-18-37(35)39/h3-20,27-28,40-41,52-53,58-59H,21-26,29-31H2,1-2H3,(H,54,64)(H,55,65)(H,56,60)(H,57,61)(H,66,67)(H,68,69). The van der Waals surface area contributed by atoms with Gasteiger partial charge < -0.3 is 61.6 Å². The van der Waals surface area contributed by atoms with Crippen LogP contribution in [0.4, 0.5) is 9.59 Å². The normalized spacial score (nSPS) is 13.5. The van der Waals surface area contributed by atoms with E-state index in [1.54, 1.807) is 73.1 Å². The van der Waals surface area contributed by atoms with Crippen LogP contribution in [0.15, 0.2) is 122 Å². The lowest BCUT2D eigenvalue weighted by atomic mass is 9.91. The van der Waals surface area contributed by atoms with Gasteiger partial charge in [0.1, 0.15) is 11.1 Å². The summed E-state index contributed by atoms with van der Waals surface area (Å²) in [6, 6.07) is 30.7. The molecular weight excluding hydrogens is 917 g/mol. The molecule has 0 aliphatic heterocycles. The van der Waals surface area contributed by atoms with E-state index in [1.165, 1.54) is 13.8 Å². The number of hydrogen-bond donors (Lipinski definition) is 10. The third kappa shape index (κ3) is 14.7. The third-order valence-electron chi connectivity index (χ3n) is 11.8. The first-order valence-electron chi connectivity index (χ1n) is 22.7. The third-order valence-corrected chi connectivity index (χ3v) is 11.8. The number of para-hydroxylation sites is 2. The largest absolute Gasteiger partial charge is 0.465 e. The Bertz CT molecular complexity index is 2660. The topological polar surface area (TPSA) is 299 Å². The van der Waals surface area contributed by atoms with Crippen LogP contribution in [-0.2, 0) is 51.1 Å². The average Bonchev–Trinajstić information content (AvgIpc) is 3.95. The molecule has 6 rings (SSSR count). The second-order valence-corrected chi connectivity index (χ2v) is 17.2. The number of ether oxygens (including phenoxy) is 2. The van der Waals surface area contributed by atoms with Crippen molar-refractivity contribution in [1.82, 2.24) is 41.9 Å². The second-order valence-electron chi connectivity index (χ2n) is 17.2. The van der Waals surface area contributed by atoms with Crippen LogP contribution in [0.25, 0.3) is 21.8 Å². The lowest BCUT2D eigenvalue weighted by molar-refractivity contribution is -0.168. The summed E-state index contributed by atoms with van der Waals surface area (Å²) in [5.74, 6) is -4.11. The second kappa shape index (κ2) is 24.0. The number of rotatable bonds is 24. The van der Waals surface area contributed by atoms with Crippen LogP contribution in [-0.4, -0.2) is 98.9 Å². The first-order valence-corrected chi connectivity index (χ1v) is 22.7. The molecule has 10 N–H and O–H groups in total. The number of amides is 6. The van der Waals surface area contributed by atoms with Gasteiger partial charge in [-0.1, -0.05) is 97.1 Å². The molecule has 6 aromatic rings. The molecule has 0 fully saturated rings. The van der Waals surface area contributed by atoms with Crippen molar-refractivity contribution in [3.8, 4) is 0 Å². The Hall–Kier alpha value is -8.68. The Labute approximate surface area is 407 Å². The predicted octanol–water partition coefficient (Wildman–Crippen LogP) is 5.04. The molecule has 0 aliphatic rings. The molecule has 20 heteroatoms. The molecule has 2 heterocycles. The van der Waals surface area contributed by atoms with Gasteiger partial charge in [0.15, 0.2) is 0 Å². The minimum atomic E-state index is -1.59. The van der Waals surface area contributed by atoms with Crippen molar-refractivity contribution < 1.29 is 58.0 Å². The van der Waals surface area contributed by atoms with Crippen LogP contribution in [0.3, 0.4) is 0 Å². The van der Waals surface area contributed by atoms with Gasteiger partial charge in [-0.15, -0.1) is 0 Å². The molecule has 4 aromatic carbocycles. The summed E-state index contributed by atoms with van der Waals surface area (Å²) in [4.78, 5) is 109. The maximum atomic E-state index is 13.7. The zero-order chi connectivity index (χ0) is 51.0. The van der Waals surface area contributed by atoms with E-state index in [-0.39, 0.29) is 38.8 Å². The van der Waals surface area contributed by atoms with Crippen molar-refractivity contribution in [1.29, 1.82) is 0 Å². The van der Waals surface area contributed by atoms with Gasteiger partial charge in [-0.25, -0.2) is 9.59 Å². The van der Waals surface area contributed by atoms with Crippen molar-refractivity contribution in [2.45, 2.75) is 75.5 Å². The molecule has 0 spiro atoms. The number of hydrogen-bond acceptors (Lipinski definition) is 10. The van der Waals surface area contributed by atoms with E-state index in [2.05, 4.69) is 41.9 Å². The molecule has 2 aromatic heterocycles. The van der Waals surface area contributed by atoms with E-state index in [0.717, 1.165) is 32.9 Å². The number of carbonyl (C=O) groups excluding carboxylic acids is 6. The first-order chi connectivity index (χ1) is 34.0. The highest BCUT2D eigenvalue weighted by Crippen LogP contribution is 2.25. The zero-order valence-electron chi connectivity index (χ0n) is 39.0. The minimum absolute atomic E-state index is 0.0221. The van der Waals surface area contributed by atoms with E-state index in [0.29, 0.717) is 11.1 Å². The molecule has 0 saturated carbocycles. The fourth-order valence-electron chi connectivity index (χ4n) is 8.08. The van der Waals surface area contributed by atoms with Crippen molar-refractivity contribution >= 4 is 69.6 Å². The molecule has 6 amide bonds. The minimum Gasteiger partial charge on any atom is -0.465 e. The smallest absolute Gasteiger partial charge is 0.405 e. The molecule has 20 nitrogen and oxygen atoms in total. The molecule has 372 valence electrons. The highest BCUT2D eigenvalue weighted by molar-refractivity contribution is 5.93. The van der Waals surface area contributed by atoms with Crippen molar-refractivity contribution in [3.63, 3.8) is 0 Å². The summed E-state index contributed by atoms with van der Waals surface area (Å²) >= 11 is 0. The van der Waals surface area contributed by atoms with Crippen LogP contribution < -0.4 is 31.9 Å². The summed E-state index contributed by atoms with van der Waals surface area (Å²) in [5.41, 5.74) is 1.15. The number of nitrogens with one attached hydrogen (secondary N) is 8. The monoisotopic (exact) mass is 972 g/mol. The molecule has 0 bridgehead atoms. The summed E-state index contributed by atoms with van der Waals surface area (Å²) in [5, 5.41) is 36.8. The maximum Gasteiger partial charge on any atom is 0.405 e. The molecular formula is C51H56N8O12. The van der Waals surface area contributed by atoms with E-state index in [1.807, 2.05) is 48.5 Å². The SMILES string of the molecule is CC(Cc1c[nH]c2ccccc12)(NC(=O)O)C(=O)NCC(NC(=O)CCC(=O)OCOC(=O)CCC(=O)NC(CNC(=O)C(C)(Cc1c[nH]c2ccccc12)NC(=O)O)c1ccccc1)c1ccccc1. The first kappa shape index (κ1) is 51.7. The van der Waals surface area contributed by atoms with Gasteiger partial charge in [-0.05, 0) is 48.2 Å². The van der Waals surface area contributed by atoms with Crippen LogP contribution >= 0.6 is 0 Å². The molecule has 71 heavy (non-hydrogen) atoms. The highest BCUT2D eigenvalue weighted by atomic mass is 16.7. The van der Waals surface area contributed by atoms with E-state index in [4.69, 9.17) is 9.47 Å². The number of fused-ring (bicyclic) bond motifs is 2. The van der Waals surface area contributed by atoms with Gasteiger partial charge in [-0.3, -0.25) is 28.8 Å². The Kier molecular flexibility index (Phi) is 17.5. The number of aromatic amines is 2. The Balaban J connectivity index is 0.943. The molecule has 4 atom stereocenters. The van der Waals surface area contributed by atoms with Crippen LogP contribution in [0.5, 0.6) is 0 Å². The van der Waals surface area contributed by atoms with Crippen molar-refractivity contribution in [2.24, 2.45) is 0 Å². The quantitative estimate of drug-likeness (QED) is 0.0282. The Morgan fingerprint density at radius 3 is 1.27 bits per heavy atom. The van der Waals surface area contributed by atoms with Crippen LogP contribution in [0, 0.1) is 0 Å². The van der Waals surface area contributed by atoms with Crippen molar-refractivity contribution in [2.75, 3.05) is 19.9 Å². The zero-order valence-corrected chi connectivity index (χ0v) is 39.0. The highest BCUT2D eigenvalue weighted by Gasteiger charge is 2.38.